The lowest BCUT2D eigenvalue weighted by Gasteiger charge is -2.24. The van der Waals surface area contributed by atoms with Gasteiger partial charge in [-0.2, -0.15) is 0 Å². The molecule has 0 saturated carbocycles. The SMILES string of the molecule is C=CN1CCCC1.CC.CCC(=O)N(C)C(C)Cc1ccncc1. The van der Waals surface area contributed by atoms with Gasteiger partial charge in [-0.25, -0.2) is 0 Å². The molecule has 1 aliphatic rings. The van der Waals surface area contributed by atoms with Crippen LogP contribution in [-0.4, -0.2) is 46.9 Å². The summed E-state index contributed by atoms with van der Waals surface area (Å²) in [6, 6.07) is 4.21. The van der Waals surface area contributed by atoms with Gasteiger partial charge >= 0.3 is 0 Å². The normalized spacial score (nSPS) is 13.8. The summed E-state index contributed by atoms with van der Waals surface area (Å²) in [5.74, 6) is 0.191. The van der Waals surface area contributed by atoms with E-state index in [9.17, 15) is 4.79 Å². The van der Waals surface area contributed by atoms with E-state index >= 15 is 0 Å². The van der Waals surface area contributed by atoms with Crippen LogP contribution in [0.5, 0.6) is 0 Å². The molecule has 1 unspecified atom stereocenters. The molecule has 0 N–H and O–H groups in total. The first-order valence-electron chi connectivity index (χ1n) is 9.09. The van der Waals surface area contributed by atoms with Crippen LogP contribution in [0.2, 0.25) is 0 Å². The Morgan fingerprint density at radius 3 is 2.29 bits per heavy atom. The van der Waals surface area contributed by atoms with Crippen molar-refractivity contribution in [3.63, 3.8) is 0 Å². The third kappa shape index (κ3) is 8.70. The van der Waals surface area contributed by atoms with Gasteiger partial charge < -0.3 is 9.80 Å². The Labute approximate surface area is 148 Å². The molecule has 1 fully saturated rings. The molecule has 136 valence electrons. The summed E-state index contributed by atoms with van der Waals surface area (Å²) in [7, 11) is 1.86. The fourth-order valence-corrected chi connectivity index (χ4v) is 2.42. The number of likely N-dealkylation sites (N-methyl/N-ethyl adjacent to an activating group) is 1. The van der Waals surface area contributed by atoms with Crippen LogP contribution in [0.15, 0.2) is 37.3 Å². The number of nitrogens with zero attached hydrogens (tertiary/aromatic N) is 3. The standard InChI is InChI=1S/C12H18N2O.C6H11N.C2H6/c1-4-12(15)14(3)10(2)9-11-5-7-13-8-6-11;1-2-7-5-3-4-6-7;1-2/h5-8,10H,4,9H2,1-3H3;2H,1,3-6H2;1-2H3. The summed E-state index contributed by atoms with van der Waals surface area (Å²) < 4.78 is 0. The van der Waals surface area contributed by atoms with E-state index < -0.39 is 0 Å². The van der Waals surface area contributed by atoms with Gasteiger partial charge in [0.2, 0.25) is 5.91 Å². The van der Waals surface area contributed by atoms with Gasteiger partial charge in [0.1, 0.15) is 0 Å². The molecular formula is C20H35N3O. The van der Waals surface area contributed by atoms with Gasteiger partial charge in [-0.05, 0) is 50.1 Å². The molecule has 1 aliphatic heterocycles. The molecule has 1 aromatic heterocycles. The minimum absolute atomic E-state index is 0.191. The Morgan fingerprint density at radius 2 is 1.88 bits per heavy atom. The van der Waals surface area contributed by atoms with Crippen molar-refractivity contribution in [2.45, 2.75) is 59.4 Å². The predicted octanol–water partition coefficient (Wildman–Crippen LogP) is 4.13. The maximum atomic E-state index is 11.5. The summed E-state index contributed by atoms with van der Waals surface area (Å²) in [6.45, 7) is 14.1. The lowest BCUT2D eigenvalue weighted by atomic mass is 10.1. The monoisotopic (exact) mass is 333 g/mol. The Bertz CT molecular complexity index is 441. The van der Waals surface area contributed by atoms with Crippen LogP contribution in [0, 0.1) is 0 Å². The van der Waals surface area contributed by atoms with Gasteiger partial charge in [-0.1, -0.05) is 27.4 Å². The minimum atomic E-state index is 0.191. The zero-order valence-corrected chi connectivity index (χ0v) is 16.2. The molecule has 2 rings (SSSR count). The average molecular weight is 334 g/mol. The first-order valence-corrected chi connectivity index (χ1v) is 9.09. The first kappa shape index (κ1) is 22.2. The van der Waals surface area contributed by atoms with Crippen molar-refractivity contribution in [1.29, 1.82) is 0 Å². The Morgan fingerprint density at radius 1 is 1.33 bits per heavy atom. The number of carbonyl (C=O) groups is 1. The molecule has 4 heteroatoms. The molecular weight excluding hydrogens is 298 g/mol. The largest absolute Gasteiger partial charge is 0.378 e. The Balaban J connectivity index is 0.000000488. The summed E-state index contributed by atoms with van der Waals surface area (Å²) in [6.07, 6.45) is 9.64. The molecule has 1 atom stereocenters. The molecule has 0 radical (unpaired) electrons. The van der Waals surface area contributed by atoms with E-state index in [4.69, 9.17) is 0 Å². The van der Waals surface area contributed by atoms with E-state index in [0.29, 0.717) is 6.42 Å². The van der Waals surface area contributed by atoms with Gasteiger partial charge in [0.25, 0.3) is 0 Å². The van der Waals surface area contributed by atoms with Gasteiger partial charge in [0, 0.05) is 45.0 Å². The van der Waals surface area contributed by atoms with Crippen LogP contribution in [0.1, 0.15) is 52.5 Å². The highest BCUT2D eigenvalue weighted by molar-refractivity contribution is 5.75. The fraction of sp³-hybridized carbons (Fsp3) is 0.600. The maximum Gasteiger partial charge on any atom is 0.222 e. The zero-order chi connectivity index (χ0) is 18.4. The number of amides is 1. The van der Waals surface area contributed by atoms with E-state index in [1.54, 1.807) is 17.3 Å². The quantitative estimate of drug-likeness (QED) is 0.813. The third-order valence-corrected chi connectivity index (χ3v) is 4.04. The number of carbonyl (C=O) groups excluding carboxylic acids is 1. The Kier molecular flexibility index (Phi) is 12.5. The number of rotatable bonds is 5. The highest BCUT2D eigenvalue weighted by Gasteiger charge is 2.13. The molecule has 1 saturated heterocycles. The summed E-state index contributed by atoms with van der Waals surface area (Å²) in [4.78, 5) is 19.5. The van der Waals surface area contributed by atoms with Crippen molar-refractivity contribution in [3.8, 4) is 0 Å². The van der Waals surface area contributed by atoms with Crippen LogP contribution < -0.4 is 0 Å². The van der Waals surface area contributed by atoms with Crippen molar-refractivity contribution in [2.75, 3.05) is 20.1 Å². The second kappa shape index (κ2) is 13.6. The molecule has 0 spiro atoms. The Hall–Kier alpha value is -1.84. The van der Waals surface area contributed by atoms with Crippen LogP contribution in [0.3, 0.4) is 0 Å². The van der Waals surface area contributed by atoms with Crippen molar-refractivity contribution >= 4 is 5.91 Å². The summed E-state index contributed by atoms with van der Waals surface area (Å²) in [5.41, 5.74) is 1.22. The smallest absolute Gasteiger partial charge is 0.222 e. The van der Waals surface area contributed by atoms with Gasteiger partial charge in [0.05, 0.1) is 0 Å². The lowest BCUT2D eigenvalue weighted by molar-refractivity contribution is -0.131. The molecule has 1 aromatic rings. The molecule has 24 heavy (non-hydrogen) atoms. The summed E-state index contributed by atoms with van der Waals surface area (Å²) >= 11 is 0. The second-order valence-corrected chi connectivity index (χ2v) is 5.69. The second-order valence-electron chi connectivity index (χ2n) is 5.69. The summed E-state index contributed by atoms with van der Waals surface area (Å²) in [5, 5.41) is 0. The van der Waals surface area contributed by atoms with Crippen molar-refractivity contribution < 1.29 is 4.79 Å². The number of aromatic nitrogens is 1. The van der Waals surface area contributed by atoms with Crippen LogP contribution >= 0.6 is 0 Å². The number of pyridine rings is 1. The van der Waals surface area contributed by atoms with Crippen molar-refractivity contribution in [3.05, 3.63) is 42.9 Å². The van der Waals surface area contributed by atoms with Crippen molar-refractivity contribution in [1.82, 2.24) is 14.8 Å². The molecule has 1 amide bonds. The van der Waals surface area contributed by atoms with E-state index in [2.05, 4.69) is 23.4 Å². The maximum absolute atomic E-state index is 11.5. The van der Waals surface area contributed by atoms with E-state index in [1.165, 1.54) is 31.5 Å². The number of hydrogen-bond donors (Lipinski definition) is 0. The van der Waals surface area contributed by atoms with Gasteiger partial charge in [-0.15, -0.1) is 0 Å². The average Bonchev–Trinajstić information content (AvgIpc) is 3.17. The minimum Gasteiger partial charge on any atom is -0.378 e. The fourth-order valence-electron chi connectivity index (χ4n) is 2.42. The third-order valence-electron chi connectivity index (χ3n) is 4.04. The molecule has 2 heterocycles. The lowest BCUT2D eigenvalue weighted by Crippen LogP contribution is -2.35. The molecule has 0 aromatic carbocycles. The van der Waals surface area contributed by atoms with Crippen LogP contribution in [0.4, 0.5) is 0 Å². The first-order chi connectivity index (χ1) is 11.6. The van der Waals surface area contributed by atoms with E-state index in [0.717, 1.165) is 6.42 Å². The highest BCUT2D eigenvalue weighted by atomic mass is 16.2. The topological polar surface area (TPSA) is 36.4 Å². The van der Waals surface area contributed by atoms with Gasteiger partial charge in [-0.3, -0.25) is 9.78 Å². The zero-order valence-electron chi connectivity index (χ0n) is 16.2. The molecule has 0 aliphatic carbocycles. The highest BCUT2D eigenvalue weighted by Crippen LogP contribution is 2.07. The number of hydrogen-bond acceptors (Lipinski definition) is 3. The van der Waals surface area contributed by atoms with Crippen LogP contribution in [-0.2, 0) is 11.2 Å². The molecule has 0 bridgehead atoms. The molecule has 4 nitrogen and oxygen atoms in total. The van der Waals surface area contributed by atoms with Crippen molar-refractivity contribution in [2.24, 2.45) is 0 Å². The van der Waals surface area contributed by atoms with E-state index in [1.807, 2.05) is 46.2 Å². The van der Waals surface area contributed by atoms with Gasteiger partial charge in [0.15, 0.2) is 0 Å². The van der Waals surface area contributed by atoms with Crippen LogP contribution in [0.25, 0.3) is 0 Å². The van der Waals surface area contributed by atoms with E-state index in [-0.39, 0.29) is 11.9 Å². The number of likely N-dealkylation sites (tertiary alicyclic amines) is 1. The predicted molar refractivity (Wildman–Crippen MR) is 103 cm³/mol.